The average molecular weight is 1010 g/mol. The van der Waals surface area contributed by atoms with Crippen molar-refractivity contribution in [1.82, 2.24) is 0 Å². The topological polar surface area (TPSA) is 12.5 Å². The van der Waals surface area contributed by atoms with Gasteiger partial charge in [-0.1, -0.05) is 232 Å². The molecule has 2 unspecified atom stereocenters. The van der Waals surface area contributed by atoms with E-state index in [4.69, 9.17) is 4.74 Å². The van der Waals surface area contributed by atoms with Crippen LogP contribution in [-0.4, -0.2) is 0 Å². The van der Waals surface area contributed by atoms with Crippen molar-refractivity contribution in [3.63, 3.8) is 0 Å². The summed E-state index contributed by atoms with van der Waals surface area (Å²) in [6, 6.07) is 88.2. The molecule has 2 heteroatoms. The van der Waals surface area contributed by atoms with E-state index in [-0.39, 0.29) is 10.8 Å². The Bertz CT molecular complexity index is 3760. The first-order valence-electron chi connectivity index (χ1n) is 28.2. The van der Waals surface area contributed by atoms with Gasteiger partial charge in [0.25, 0.3) is 0 Å². The molecule has 12 rings (SSSR count). The van der Waals surface area contributed by atoms with Gasteiger partial charge < -0.3 is 9.64 Å². The van der Waals surface area contributed by atoms with Crippen LogP contribution in [0.4, 0.5) is 17.1 Å². The predicted molar refractivity (Wildman–Crippen MR) is 329 cm³/mol. The molecule has 0 aromatic heterocycles. The van der Waals surface area contributed by atoms with Crippen LogP contribution in [0.1, 0.15) is 119 Å². The molecule has 2 nitrogen and oxygen atoms in total. The molecular weight excluding hydrogens is 943 g/mol. The lowest BCUT2D eigenvalue weighted by Gasteiger charge is -2.34. The van der Waals surface area contributed by atoms with Gasteiger partial charge in [-0.2, -0.15) is 0 Å². The van der Waals surface area contributed by atoms with Gasteiger partial charge in [-0.25, -0.2) is 0 Å². The maximum Gasteiger partial charge on any atom is 0.127 e. The molecule has 2 aliphatic rings. The van der Waals surface area contributed by atoms with E-state index < -0.39 is 5.41 Å². The van der Waals surface area contributed by atoms with Gasteiger partial charge >= 0.3 is 0 Å². The van der Waals surface area contributed by atoms with Gasteiger partial charge in [0.05, 0.1) is 5.41 Å². The van der Waals surface area contributed by atoms with E-state index in [0.29, 0.717) is 17.8 Å². The average Bonchev–Trinajstić information content (AvgIpc) is 3.94. The lowest BCUT2D eigenvalue weighted by molar-refractivity contribution is 0.407. The maximum atomic E-state index is 6.62. The molecule has 0 saturated heterocycles. The molecule has 10 aromatic carbocycles. The van der Waals surface area contributed by atoms with Crippen molar-refractivity contribution in [2.45, 2.75) is 90.9 Å². The lowest BCUT2D eigenvalue weighted by atomic mass is 9.67. The minimum atomic E-state index is -0.593. The molecule has 10 aromatic rings. The molecule has 0 radical (unpaired) electrons. The van der Waals surface area contributed by atoms with Crippen LogP contribution >= 0.6 is 0 Å². The van der Waals surface area contributed by atoms with Gasteiger partial charge in [0, 0.05) is 22.5 Å². The quantitative estimate of drug-likeness (QED) is 0.114. The third kappa shape index (κ3) is 8.96. The van der Waals surface area contributed by atoms with Crippen molar-refractivity contribution in [1.29, 1.82) is 0 Å². The molecule has 386 valence electrons. The van der Waals surface area contributed by atoms with Crippen LogP contribution in [0, 0.1) is 11.8 Å². The Morgan fingerprint density at radius 1 is 0.410 bits per heavy atom. The largest absolute Gasteiger partial charge is 0.457 e. The molecule has 0 amide bonds. The molecule has 0 saturated carbocycles. The van der Waals surface area contributed by atoms with Crippen molar-refractivity contribution in [2.75, 3.05) is 4.90 Å². The van der Waals surface area contributed by atoms with E-state index in [1.807, 2.05) is 0 Å². The van der Waals surface area contributed by atoms with Crippen molar-refractivity contribution in [2.24, 2.45) is 11.8 Å². The van der Waals surface area contributed by atoms with E-state index in [0.717, 1.165) is 34.1 Å². The van der Waals surface area contributed by atoms with E-state index in [1.54, 1.807) is 0 Å². The first-order chi connectivity index (χ1) is 37.7. The van der Waals surface area contributed by atoms with E-state index >= 15 is 0 Å². The summed E-state index contributed by atoms with van der Waals surface area (Å²) in [7, 11) is 0. The first kappa shape index (κ1) is 50.6. The highest BCUT2D eigenvalue weighted by Crippen LogP contribution is 2.57. The number of hydrogen-bond donors (Lipinski definition) is 0. The highest BCUT2D eigenvalue weighted by Gasteiger charge is 2.46. The molecule has 0 aliphatic heterocycles. The molecular formula is C76H71NO. The summed E-state index contributed by atoms with van der Waals surface area (Å²) in [4.78, 5) is 2.42. The summed E-state index contributed by atoms with van der Waals surface area (Å²) in [6.07, 6.45) is 1.18. The van der Waals surface area contributed by atoms with Gasteiger partial charge in [-0.3, -0.25) is 0 Å². The molecule has 78 heavy (non-hydrogen) atoms. The van der Waals surface area contributed by atoms with Crippen LogP contribution < -0.4 is 9.64 Å². The fraction of sp³-hybridized carbons (Fsp3) is 0.211. The van der Waals surface area contributed by atoms with Gasteiger partial charge in [0.15, 0.2) is 0 Å². The van der Waals surface area contributed by atoms with Gasteiger partial charge in [-0.05, 0) is 185 Å². The van der Waals surface area contributed by atoms with E-state index in [2.05, 4.69) is 304 Å². The molecule has 2 aliphatic carbocycles. The number of nitrogens with zero attached hydrogens (tertiary/aromatic N) is 1. The van der Waals surface area contributed by atoms with Crippen LogP contribution in [0.5, 0.6) is 11.5 Å². The monoisotopic (exact) mass is 1010 g/mol. The number of benzene rings is 10. The standard InChI is InChI=1S/C76H71NO/c1-50(2)47-69(51(3)4)55-27-41-63(42-28-55)78-64-43-34-59(35-44-64)76(58-32-30-57(31-33-58)74(5,6)7)71-22-16-14-20-66(71)68-45-29-56(48-73(68)76)54-25-38-61(39-26-54)77(60-36-23-53(24-37-60)52-17-11-10-12-18-52)62-40-46-67-65-19-13-15-21-70(65)75(8,9)72(67)49-62/h10-46,48-51,69H,47H2,1-9H3. The second kappa shape index (κ2) is 20.0. The maximum absolute atomic E-state index is 6.62. The van der Waals surface area contributed by atoms with Crippen molar-refractivity contribution in [3.8, 4) is 56.0 Å². The summed E-state index contributed by atoms with van der Waals surface area (Å²) >= 11 is 0. The Morgan fingerprint density at radius 3 is 1.46 bits per heavy atom. The van der Waals surface area contributed by atoms with E-state index in [1.165, 1.54) is 89.9 Å². The normalized spacial score (nSPS) is 15.4. The van der Waals surface area contributed by atoms with Gasteiger partial charge in [0.1, 0.15) is 11.5 Å². The molecule has 2 atom stereocenters. The Kier molecular flexibility index (Phi) is 13.0. The molecule has 0 heterocycles. The predicted octanol–water partition coefficient (Wildman–Crippen LogP) is 21.0. The minimum Gasteiger partial charge on any atom is -0.457 e. The number of ether oxygens (including phenoxy) is 1. The summed E-state index contributed by atoms with van der Waals surface area (Å²) in [5.41, 5.74) is 23.0. The molecule has 0 bridgehead atoms. The van der Waals surface area contributed by atoms with Crippen LogP contribution in [0.15, 0.2) is 237 Å². The minimum absolute atomic E-state index is 0.0159. The van der Waals surface area contributed by atoms with Gasteiger partial charge in [0.2, 0.25) is 0 Å². The van der Waals surface area contributed by atoms with Crippen LogP contribution in [0.3, 0.4) is 0 Å². The fourth-order valence-electron chi connectivity index (χ4n) is 13.0. The van der Waals surface area contributed by atoms with Gasteiger partial charge in [-0.15, -0.1) is 0 Å². The molecule has 0 spiro atoms. The molecule has 0 fully saturated rings. The second-order valence-electron chi connectivity index (χ2n) is 24.3. The van der Waals surface area contributed by atoms with Crippen molar-refractivity contribution < 1.29 is 4.74 Å². The molecule has 0 N–H and O–H groups in total. The number of fused-ring (bicyclic) bond motifs is 6. The number of anilines is 3. The highest BCUT2D eigenvalue weighted by molar-refractivity contribution is 5.90. The zero-order chi connectivity index (χ0) is 53.9. The highest BCUT2D eigenvalue weighted by atomic mass is 16.5. The summed E-state index contributed by atoms with van der Waals surface area (Å²) in [6.45, 7) is 20.9. The zero-order valence-electron chi connectivity index (χ0n) is 46.8. The van der Waals surface area contributed by atoms with Crippen LogP contribution in [-0.2, 0) is 16.2 Å². The van der Waals surface area contributed by atoms with Crippen molar-refractivity contribution in [3.05, 3.63) is 281 Å². The Hall–Kier alpha value is -8.20. The third-order valence-electron chi connectivity index (χ3n) is 17.1. The fourth-order valence-corrected chi connectivity index (χ4v) is 13.0. The summed E-state index contributed by atoms with van der Waals surface area (Å²) in [5.74, 6) is 3.42. The summed E-state index contributed by atoms with van der Waals surface area (Å²) < 4.78 is 6.62. The second-order valence-corrected chi connectivity index (χ2v) is 24.3. The Labute approximate surface area is 464 Å². The van der Waals surface area contributed by atoms with Crippen LogP contribution in [0.2, 0.25) is 0 Å². The first-order valence-corrected chi connectivity index (χ1v) is 28.2. The lowest BCUT2D eigenvalue weighted by Crippen LogP contribution is -2.29. The van der Waals surface area contributed by atoms with E-state index in [9.17, 15) is 0 Å². The Morgan fingerprint density at radius 2 is 0.872 bits per heavy atom. The SMILES string of the molecule is CC(C)CC(c1ccc(Oc2ccc(C3(c4ccc(C(C)(C)C)cc4)c4ccccc4-c4ccc(-c5ccc(N(c6ccc(-c7ccccc7)cc6)c6ccc7c(c6)C(C)(C)c6ccccc6-7)cc5)cc43)cc2)cc1)C(C)C. The number of rotatable bonds is 13. The van der Waals surface area contributed by atoms with Crippen molar-refractivity contribution >= 4 is 17.1 Å². The number of hydrogen-bond acceptors (Lipinski definition) is 2. The third-order valence-corrected chi connectivity index (χ3v) is 17.1. The summed E-state index contributed by atoms with van der Waals surface area (Å²) in [5, 5.41) is 0. The van der Waals surface area contributed by atoms with Crippen LogP contribution in [0.25, 0.3) is 44.5 Å². The zero-order valence-corrected chi connectivity index (χ0v) is 46.8. The smallest absolute Gasteiger partial charge is 0.127 e. The Balaban J connectivity index is 0.938.